The standard InChI is InChI=1S/C19H23N5OS/c1-13-16-12-17(26-19(16)23(3)21-13)18(25)20-14-4-6-15(7-5-14)24-10-8-22(2)9-11-24/h4-7,12H,8-11H2,1-3H3,(H,20,25). The van der Waals surface area contributed by atoms with Crippen LogP contribution in [0.5, 0.6) is 0 Å². The number of thiophene rings is 1. The van der Waals surface area contributed by atoms with E-state index in [0.29, 0.717) is 4.88 Å². The number of rotatable bonds is 3. The van der Waals surface area contributed by atoms with E-state index in [1.807, 2.05) is 36.9 Å². The average Bonchev–Trinajstić information content (AvgIpc) is 3.18. The Morgan fingerprint density at radius 1 is 1.12 bits per heavy atom. The molecule has 7 heteroatoms. The van der Waals surface area contributed by atoms with Crippen molar-refractivity contribution in [3.63, 3.8) is 0 Å². The molecule has 6 nitrogen and oxygen atoms in total. The lowest BCUT2D eigenvalue weighted by molar-refractivity contribution is 0.103. The van der Waals surface area contributed by atoms with E-state index in [2.05, 4.69) is 39.4 Å². The maximum atomic E-state index is 12.6. The van der Waals surface area contributed by atoms with Crippen LogP contribution in [-0.2, 0) is 7.05 Å². The fraction of sp³-hybridized carbons (Fsp3) is 0.368. The van der Waals surface area contributed by atoms with Crippen molar-refractivity contribution in [2.24, 2.45) is 7.05 Å². The predicted octanol–water partition coefficient (Wildman–Crippen LogP) is 2.95. The Morgan fingerprint density at radius 3 is 2.46 bits per heavy atom. The van der Waals surface area contributed by atoms with Gasteiger partial charge in [0, 0.05) is 50.0 Å². The molecule has 1 aliphatic heterocycles. The third-order valence-corrected chi connectivity index (χ3v) is 6.11. The summed E-state index contributed by atoms with van der Waals surface area (Å²) in [5, 5.41) is 8.43. The van der Waals surface area contributed by atoms with Crippen LogP contribution < -0.4 is 10.2 Å². The number of piperazine rings is 1. The highest BCUT2D eigenvalue weighted by atomic mass is 32.1. The topological polar surface area (TPSA) is 53.4 Å². The minimum atomic E-state index is -0.0713. The Morgan fingerprint density at radius 2 is 1.81 bits per heavy atom. The molecule has 0 unspecified atom stereocenters. The van der Waals surface area contributed by atoms with Crippen LogP contribution in [0, 0.1) is 6.92 Å². The molecule has 0 bridgehead atoms. The Kier molecular flexibility index (Phi) is 4.42. The van der Waals surface area contributed by atoms with Crippen LogP contribution in [0.4, 0.5) is 11.4 Å². The van der Waals surface area contributed by atoms with Crippen LogP contribution >= 0.6 is 11.3 Å². The van der Waals surface area contributed by atoms with E-state index in [1.165, 1.54) is 17.0 Å². The molecular weight excluding hydrogens is 346 g/mol. The van der Waals surface area contributed by atoms with Gasteiger partial charge in [-0.15, -0.1) is 11.3 Å². The van der Waals surface area contributed by atoms with Crippen molar-refractivity contribution in [1.29, 1.82) is 0 Å². The van der Waals surface area contributed by atoms with Crippen molar-refractivity contribution in [3.05, 3.63) is 40.9 Å². The number of carbonyl (C=O) groups excluding carboxylic acids is 1. The van der Waals surface area contributed by atoms with E-state index in [9.17, 15) is 4.79 Å². The molecule has 1 saturated heterocycles. The second kappa shape index (κ2) is 6.74. The lowest BCUT2D eigenvalue weighted by Gasteiger charge is -2.34. The Balaban J connectivity index is 1.46. The summed E-state index contributed by atoms with van der Waals surface area (Å²) in [6.07, 6.45) is 0. The maximum Gasteiger partial charge on any atom is 0.265 e. The SMILES string of the molecule is Cc1nn(C)c2sc(C(=O)Nc3ccc(N4CCN(C)CC4)cc3)cc12. The molecule has 4 rings (SSSR count). The van der Waals surface area contributed by atoms with Gasteiger partial charge in [-0.05, 0) is 44.3 Å². The van der Waals surface area contributed by atoms with Crippen molar-refractivity contribution in [2.75, 3.05) is 43.4 Å². The highest BCUT2D eigenvalue weighted by Gasteiger charge is 2.16. The van der Waals surface area contributed by atoms with Crippen LogP contribution in [0.1, 0.15) is 15.4 Å². The summed E-state index contributed by atoms with van der Waals surface area (Å²) in [5.74, 6) is -0.0713. The number of carbonyl (C=O) groups is 1. The first-order chi connectivity index (χ1) is 12.5. The summed E-state index contributed by atoms with van der Waals surface area (Å²) >= 11 is 1.47. The van der Waals surface area contributed by atoms with E-state index in [0.717, 1.165) is 47.8 Å². The second-order valence-corrected chi connectivity index (χ2v) is 7.86. The maximum absolute atomic E-state index is 12.6. The van der Waals surface area contributed by atoms with E-state index < -0.39 is 0 Å². The van der Waals surface area contributed by atoms with Crippen molar-refractivity contribution < 1.29 is 4.79 Å². The molecule has 0 saturated carbocycles. The zero-order valence-electron chi connectivity index (χ0n) is 15.3. The summed E-state index contributed by atoms with van der Waals surface area (Å²) in [7, 11) is 4.06. The van der Waals surface area contributed by atoms with Gasteiger partial charge >= 0.3 is 0 Å². The Bertz CT molecular complexity index is 900. The van der Waals surface area contributed by atoms with Gasteiger partial charge in [0.25, 0.3) is 5.91 Å². The van der Waals surface area contributed by atoms with Crippen molar-refractivity contribution in [1.82, 2.24) is 14.7 Å². The molecule has 3 heterocycles. The molecule has 26 heavy (non-hydrogen) atoms. The lowest BCUT2D eigenvalue weighted by Crippen LogP contribution is -2.44. The molecule has 136 valence electrons. The molecule has 0 spiro atoms. The average molecular weight is 369 g/mol. The third kappa shape index (κ3) is 3.20. The lowest BCUT2D eigenvalue weighted by atomic mass is 10.2. The van der Waals surface area contributed by atoms with Gasteiger partial charge < -0.3 is 15.1 Å². The van der Waals surface area contributed by atoms with Crippen molar-refractivity contribution in [2.45, 2.75) is 6.92 Å². The molecule has 3 aromatic rings. The zero-order valence-corrected chi connectivity index (χ0v) is 16.1. The number of aryl methyl sites for hydroxylation is 2. The highest BCUT2D eigenvalue weighted by molar-refractivity contribution is 7.20. The molecular formula is C19H23N5OS. The minimum absolute atomic E-state index is 0.0713. The summed E-state index contributed by atoms with van der Waals surface area (Å²) in [5.41, 5.74) is 2.98. The number of hydrogen-bond acceptors (Lipinski definition) is 5. The quantitative estimate of drug-likeness (QED) is 0.771. The van der Waals surface area contributed by atoms with Gasteiger partial charge in [0.15, 0.2) is 0 Å². The molecule has 1 aromatic carbocycles. The molecule has 1 N–H and O–H groups in total. The number of fused-ring (bicyclic) bond motifs is 1. The zero-order chi connectivity index (χ0) is 18.3. The number of hydrogen-bond donors (Lipinski definition) is 1. The third-order valence-electron chi connectivity index (χ3n) is 4.91. The van der Waals surface area contributed by atoms with Crippen LogP contribution in [0.2, 0.25) is 0 Å². The summed E-state index contributed by atoms with van der Waals surface area (Å²) in [6.45, 7) is 6.21. The van der Waals surface area contributed by atoms with E-state index >= 15 is 0 Å². The van der Waals surface area contributed by atoms with Crippen molar-refractivity contribution >= 4 is 38.8 Å². The largest absolute Gasteiger partial charge is 0.369 e. The summed E-state index contributed by atoms with van der Waals surface area (Å²) < 4.78 is 1.83. The number of aromatic nitrogens is 2. The van der Waals surface area contributed by atoms with E-state index in [4.69, 9.17) is 0 Å². The fourth-order valence-electron chi connectivity index (χ4n) is 3.33. The number of nitrogens with zero attached hydrogens (tertiary/aromatic N) is 4. The first-order valence-electron chi connectivity index (χ1n) is 8.79. The van der Waals surface area contributed by atoms with Crippen LogP contribution in [-0.4, -0.2) is 53.8 Å². The highest BCUT2D eigenvalue weighted by Crippen LogP contribution is 2.28. The molecule has 0 aliphatic carbocycles. The number of likely N-dealkylation sites (N-methyl/N-ethyl adjacent to an activating group) is 1. The summed E-state index contributed by atoms with van der Waals surface area (Å²) in [6, 6.07) is 10.0. The first kappa shape index (κ1) is 17.1. The summed E-state index contributed by atoms with van der Waals surface area (Å²) in [4.78, 5) is 19.0. The normalized spacial score (nSPS) is 15.6. The van der Waals surface area contributed by atoms with Crippen LogP contribution in [0.3, 0.4) is 0 Å². The van der Waals surface area contributed by atoms with E-state index in [-0.39, 0.29) is 5.91 Å². The second-order valence-electron chi connectivity index (χ2n) is 6.83. The Labute approximate surface area is 157 Å². The number of benzene rings is 1. The number of amides is 1. The molecule has 1 aliphatic rings. The van der Waals surface area contributed by atoms with Gasteiger partial charge in [-0.1, -0.05) is 0 Å². The van der Waals surface area contributed by atoms with Gasteiger partial charge in [0.2, 0.25) is 0 Å². The first-order valence-corrected chi connectivity index (χ1v) is 9.61. The molecule has 0 radical (unpaired) electrons. The van der Waals surface area contributed by atoms with Gasteiger partial charge in [0.1, 0.15) is 4.83 Å². The van der Waals surface area contributed by atoms with Crippen LogP contribution in [0.25, 0.3) is 10.2 Å². The molecule has 1 fully saturated rings. The van der Waals surface area contributed by atoms with Gasteiger partial charge in [0.05, 0.1) is 10.6 Å². The number of nitrogens with one attached hydrogen (secondary N) is 1. The Hall–Kier alpha value is -2.38. The van der Waals surface area contributed by atoms with Crippen molar-refractivity contribution in [3.8, 4) is 0 Å². The van der Waals surface area contributed by atoms with Gasteiger partial charge in [-0.2, -0.15) is 5.10 Å². The molecule has 2 aromatic heterocycles. The van der Waals surface area contributed by atoms with Crippen LogP contribution in [0.15, 0.2) is 30.3 Å². The fourth-order valence-corrected chi connectivity index (χ4v) is 4.35. The monoisotopic (exact) mass is 369 g/mol. The smallest absolute Gasteiger partial charge is 0.265 e. The predicted molar refractivity (Wildman–Crippen MR) is 107 cm³/mol. The minimum Gasteiger partial charge on any atom is -0.369 e. The molecule has 0 atom stereocenters. The van der Waals surface area contributed by atoms with Gasteiger partial charge in [-0.3, -0.25) is 9.48 Å². The number of anilines is 2. The van der Waals surface area contributed by atoms with Gasteiger partial charge in [-0.25, -0.2) is 0 Å². The van der Waals surface area contributed by atoms with E-state index in [1.54, 1.807) is 0 Å². The molecule has 1 amide bonds.